The maximum atomic E-state index is 12.0. The molecule has 1 N–H and O–H groups in total. The smallest absolute Gasteiger partial charge is 0.152 e. The van der Waals surface area contributed by atoms with Crippen molar-refractivity contribution in [3.8, 4) is 0 Å². The van der Waals surface area contributed by atoms with Gasteiger partial charge in [-0.15, -0.1) is 0 Å². The molecule has 0 aliphatic rings. The number of hydrogen-bond donors (Lipinski definition) is 1. The lowest BCUT2D eigenvalue weighted by atomic mass is 9.96. The molecule has 3 nitrogen and oxygen atoms in total. The summed E-state index contributed by atoms with van der Waals surface area (Å²) in [5.74, 6) is 0.362. The summed E-state index contributed by atoms with van der Waals surface area (Å²) in [5.41, 5.74) is 1.09. The predicted octanol–water partition coefficient (Wildman–Crippen LogP) is 3.63. The molecule has 21 heavy (non-hydrogen) atoms. The first kappa shape index (κ1) is 18.5. The number of halogens is 1. The van der Waals surface area contributed by atoms with Crippen LogP contribution in [0.3, 0.4) is 0 Å². The number of rotatable bonds is 8. The average Bonchev–Trinajstić information content (AvgIpc) is 2.38. The zero-order chi connectivity index (χ0) is 16.0. The maximum Gasteiger partial charge on any atom is 0.152 e. The summed E-state index contributed by atoms with van der Waals surface area (Å²) in [5, 5.41) is 3.76. The maximum absolute atomic E-state index is 12.0. The Balaban J connectivity index is 2.83. The monoisotopic (exact) mass is 331 g/mol. The summed E-state index contributed by atoms with van der Waals surface area (Å²) in [6.45, 7) is 8.39. The van der Waals surface area contributed by atoms with E-state index in [0.29, 0.717) is 17.5 Å². The molecule has 0 aliphatic carbocycles. The van der Waals surface area contributed by atoms with E-state index in [1.165, 1.54) is 0 Å². The fraction of sp³-hybridized carbons (Fsp3) is 0.625. The summed E-state index contributed by atoms with van der Waals surface area (Å²) in [4.78, 5) is 0. The highest BCUT2D eigenvalue weighted by molar-refractivity contribution is 7.91. The molecular weight excluding hydrogens is 306 g/mol. The van der Waals surface area contributed by atoms with E-state index in [4.69, 9.17) is 11.6 Å². The minimum Gasteiger partial charge on any atom is -0.314 e. The van der Waals surface area contributed by atoms with E-state index in [1.807, 2.05) is 24.3 Å². The largest absolute Gasteiger partial charge is 0.314 e. The van der Waals surface area contributed by atoms with E-state index in [0.717, 1.165) is 12.1 Å². The molecule has 120 valence electrons. The van der Waals surface area contributed by atoms with Crippen LogP contribution in [-0.2, 0) is 9.84 Å². The first-order valence-corrected chi connectivity index (χ1v) is 9.52. The van der Waals surface area contributed by atoms with Crippen molar-refractivity contribution in [2.24, 2.45) is 0 Å². The van der Waals surface area contributed by atoms with Crippen LogP contribution in [0.4, 0.5) is 0 Å². The fourth-order valence-corrected chi connectivity index (χ4v) is 3.35. The van der Waals surface area contributed by atoms with Crippen LogP contribution in [0.1, 0.15) is 45.6 Å². The molecule has 0 fully saturated rings. The van der Waals surface area contributed by atoms with E-state index in [-0.39, 0.29) is 16.9 Å². The minimum atomic E-state index is -3.01. The zero-order valence-electron chi connectivity index (χ0n) is 13.3. The quantitative estimate of drug-likeness (QED) is 0.791. The van der Waals surface area contributed by atoms with E-state index in [2.05, 4.69) is 19.2 Å². The molecule has 0 aromatic heterocycles. The van der Waals surface area contributed by atoms with Gasteiger partial charge in [0.2, 0.25) is 0 Å². The van der Waals surface area contributed by atoms with Gasteiger partial charge in [0.25, 0.3) is 0 Å². The van der Waals surface area contributed by atoms with Crippen molar-refractivity contribution in [2.45, 2.75) is 51.3 Å². The third-order valence-electron chi connectivity index (χ3n) is 3.56. The van der Waals surface area contributed by atoms with Crippen LogP contribution in [0.25, 0.3) is 0 Å². The molecule has 0 bridgehead atoms. The molecule has 0 amide bonds. The third-order valence-corrected chi connectivity index (χ3v) is 6.04. The topological polar surface area (TPSA) is 46.2 Å². The summed E-state index contributed by atoms with van der Waals surface area (Å²) >= 11 is 6.05. The van der Waals surface area contributed by atoms with Gasteiger partial charge >= 0.3 is 0 Å². The first-order valence-electron chi connectivity index (χ1n) is 7.42. The Morgan fingerprint density at radius 2 is 1.86 bits per heavy atom. The molecule has 0 radical (unpaired) electrons. The molecule has 0 aliphatic heterocycles. The Hall–Kier alpha value is -0.580. The second kappa shape index (κ2) is 8.16. The standard InChI is InChI=1S/C16H26ClNO2S/c1-12(2)18-11-15(8-9-21(19,20)13(3)4)14-6-5-7-16(17)10-14/h5-7,10,12-13,15,18H,8-9,11H2,1-4H3. The van der Waals surface area contributed by atoms with Crippen molar-refractivity contribution in [2.75, 3.05) is 12.3 Å². The van der Waals surface area contributed by atoms with Crippen molar-refractivity contribution in [1.29, 1.82) is 0 Å². The van der Waals surface area contributed by atoms with Gasteiger partial charge in [-0.25, -0.2) is 8.42 Å². The van der Waals surface area contributed by atoms with Gasteiger partial charge in [0, 0.05) is 17.6 Å². The molecule has 0 saturated carbocycles. The van der Waals surface area contributed by atoms with Gasteiger partial charge in [-0.3, -0.25) is 0 Å². The fourth-order valence-electron chi connectivity index (χ4n) is 2.07. The normalized spacial score (nSPS) is 13.9. The first-order chi connectivity index (χ1) is 9.72. The van der Waals surface area contributed by atoms with Gasteiger partial charge in [-0.2, -0.15) is 0 Å². The second-order valence-electron chi connectivity index (χ2n) is 6.02. The van der Waals surface area contributed by atoms with Gasteiger partial charge < -0.3 is 5.32 Å². The van der Waals surface area contributed by atoms with E-state index >= 15 is 0 Å². The van der Waals surface area contributed by atoms with Gasteiger partial charge in [0.1, 0.15) is 0 Å². The van der Waals surface area contributed by atoms with Crippen molar-refractivity contribution in [3.05, 3.63) is 34.9 Å². The Morgan fingerprint density at radius 1 is 1.19 bits per heavy atom. The highest BCUT2D eigenvalue weighted by atomic mass is 35.5. The van der Waals surface area contributed by atoms with Crippen LogP contribution >= 0.6 is 11.6 Å². The number of sulfone groups is 1. The Bertz CT molecular complexity index is 541. The molecule has 1 aromatic rings. The second-order valence-corrected chi connectivity index (χ2v) is 9.13. The molecule has 1 unspecified atom stereocenters. The van der Waals surface area contributed by atoms with Crippen LogP contribution < -0.4 is 5.32 Å². The molecule has 0 saturated heterocycles. The van der Waals surface area contributed by atoms with E-state index < -0.39 is 9.84 Å². The minimum absolute atomic E-state index is 0.152. The summed E-state index contributed by atoms with van der Waals surface area (Å²) in [6, 6.07) is 8.06. The van der Waals surface area contributed by atoms with Crippen LogP contribution in [0, 0.1) is 0 Å². The van der Waals surface area contributed by atoms with Crippen molar-refractivity contribution >= 4 is 21.4 Å². The highest BCUT2D eigenvalue weighted by Crippen LogP contribution is 2.23. The third kappa shape index (κ3) is 6.37. The van der Waals surface area contributed by atoms with E-state index in [1.54, 1.807) is 13.8 Å². The molecule has 0 spiro atoms. The van der Waals surface area contributed by atoms with Crippen LogP contribution in [0.15, 0.2) is 24.3 Å². The lowest BCUT2D eigenvalue weighted by Crippen LogP contribution is -2.29. The average molecular weight is 332 g/mol. The number of benzene rings is 1. The summed E-state index contributed by atoms with van der Waals surface area (Å²) in [6.07, 6.45) is 0.612. The highest BCUT2D eigenvalue weighted by Gasteiger charge is 2.20. The SMILES string of the molecule is CC(C)NCC(CCS(=O)(=O)C(C)C)c1cccc(Cl)c1. The van der Waals surface area contributed by atoms with E-state index in [9.17, 15) is 8.42 Å². The van der Waals surface area contributed by atoms with Crippen LogP contribution in [0.2, 0.25) is 5.02 Å². The molecule has 5 heteroatoms. The number of nitrogens with one attached hydrogen (secondary N) is 1. The zero-order valence-corrected chi connectivity index (χ0v) is 14.8. The Labute approximate surface area is 134 Å². The van der Waals surface area contributed by atoms with Gasteiger partial charge in [0.15, 0.2) is 9.84 Å². The molecule has 0 heterocycles. The Morgan fingerprint density at radius 3 is 2.38 bits per heavy atom. The number of hydrogen-bond acceptors (Lipinski definition) is 3. The lowest BCUT2D eigenvalue weighted by Gasteiger charge is -2.20. The predicted molar refractivity (Wildman–Crippen MR) is 90.9 cm³/mol. The van der Waals surface area contributed by atoms with Crippen molar-refractivity contribution in [1.82, 2.24) is 5.32 Å². The molecular formula is C16H26ClNO2S. The summed E-state index contributed by atoms with van der Waals surface area (Å²) in [7, 11) is -3.01. The van der Waals surface area contributed by atoms with Crippen LogP contribution in [0.5, 0.6) is 0 Å². The van der Waals surface area contributed by atoms with Crippen LogP contribution in [-0.4, -0.2) is 32.0 Å². The van der Waals surface area contributed by atoms with Crippen molar-refractivity contribution < 1.29 is 8.42 Å². The lowest BCUT2D eigenvalue weighted by molar-refractivity contribution is 0.516. The van der Waals surface area contributed by atoms with Crippen molar-refractivity contribution in [3.63, 3.8) is 0 Å². The molecule has 1 aromatic carbocycles. The Kier molecular flexibility index (Phi) is 7.17. The van der Waals surface area contributed by atoms with Gasteiger partial charge in [-0.1, -0.05) is 37.6 Å². The molecule has 1 rings (SSSR count). The molecule has 1 atom stereocenters. The van der Waals surface area contributed by atoms with Gasteiger partial charge in [0.05, 0.1) is 11.0 Å². The van der Waals surface area contributed by atoms with Gasteiger partial charge in [-0.05, 0) is 43.9 Å². The summed E-state index contributed by atoms with van der Waals surface area (Å²) < 4.78 is 24.0.